The van der Waals surface area contributed by atoms with Crippen LogP contribution >= 0.6 is 11.3 Å². The number of fused-ring (bicyclic) bond motifs is 1. The van der Waals surface area contributed by atoms with Crippen LogP contribution in [0.25, 0.3) is 21.5 Å². The highest BCUT2D eigenvalue weighted by Gasteiger charge is 2.39. The van der Waals surface area contributed by atoms with E-state index in [0.717, 1.165) is 66.6 Å². The van der Waals surface area contributed by atoms with Crippen LogP contribution in [0.5, 0.6) is 0 Å². The number of rotatable bonds is 6. The molecule has 0 aliphatic carbocycles. The first-order valence-corrected chi connectivity index (χ1v) is 12.2. The van der Waals surface area contributed by atoms with Crippen LogP contribution in [0.4, 0.5) is 17.3 Å². The lowest BCUT2D eigenvalue weighted by Gasteiger charge is -2.41. The van der Waals surface area contributed by atoms with Gasteiger partial charge in [0, 0.05) is 49.3 Å². The molecule has 9 nitrogen and oxygen atoms in total. The van der Waals surface area contributed by atoms with E-state index in [0.29, 0.717) is 12.4 Å². The van der Waals surface area contributed by atoms with Crippen LogP contribution in [-0.2, 0) is 10.3 Å². The van der Waals surface area contributed by atoms with E-state index in [-0.39, 0.29) is 5.54 Å². The number of aromatic nitrogens is 4. The number of ether oxygens (including phenoxy) is 1. The first-order chi connectivity index (χ1) is 16.7. The number of benzene rings is 1. The summed E-state index contributed by atoms with van der Waals surface area (Å²) in [6.07, 6.45) is 4.26. The summed E-state index contributed by atoms with van der Waals surface area (Å²) in [6, 6.07) is 12.6. The predicted molar refractivity (Wildman–Crippen MR) is 132 cm³/mol. The van der Waals surface area contributed by atoms with Crippen molar-refractivity contribution in [2.24, 2.45) is 0 Å². The summed E-state index contributed by atoms with van der Waals surface area (Å²) in [6.45, 7) is 4.84. The fourth-order valence-corrected chi connectivity index (χ4v) is 5.30. The number of anilines is 3. The Labute approximate surface area is 201 Å². The maximum absolute atomic E-state index is 9.28. The molecule has 2 aliphatic rings. The predicted octanol–water partition coefficient (Wildman–Crippen LogP) is 3.35. The lowest BCUT2D eigenvalue weighted by Crippen LogP contribution is -2.60. The Morgan fingerprint density at radius 1 is 1.15 bits per heavy atom. The minimum Gasteiger partial charge on any atom is -0.378 e. The third-order valence-corrected chi connectivity index (χ3v) is 7.37. The van der Waals surface area contributed by atoms with E-state index in [1.807, 2.05) is 28.5 Å². The zero-order valence-corrected chi connectivity index (χ0v) is 19.4. The van der Waals surface area contributed by atoms with Crippen molar-refractivity contribution in [1.29, 1.82) is 5.26 Å². The third kappa shape index (κ3) is 3.77. The molecule has 10 heteroatoms. The molecule has 2 saturated heterocycles. The van der Waals surface area contributed by atoms with Gasteiger partial charge in [-0.05, 0) is 35.7 Å². The van der Waals surface area contributed by atoms with Crippen LogP contribution in [0.2, 0.25) is 0 Å². The Kier molecular flexibility index (Phi) is 5.37. The van der Waals surface area contributed by atoms with Crippen LogP contribution in [0.3, 0.4) is 0 Å². The summed E-state index contributed by atoms with van der Waals surface area (Å²) in [5.74, 6) is 0.546. The summed E-state index contributed by atoms with van der Waals surface area (Å²) < 4.78 is 8.39. The Morgan fingerprint density at radius 3 is 2.71 bits per heavy atom. The molecule has 2 aliphatic heterocycles. The molecule has 0 spiro atoms. The van der Waals surface area contributed by atoms with Gasteiger partial charge in [-0.15, -0.1) is 11.3 Å². The summed E-state index contributed by atoms with van der Waals surface area (Å²) in [5.41, 5.74) is 4.50. The summed E-state index contributed by atoms with van der Waals surface area (Å²) in [4.78, 5) is 11.9. The van der Waals surface area contributed by atoms with Gasteiger partial charge in [0.1, 0.15) is 5.54 Å². The lowest BCUT2D eigenvalue weighted by molar-refractivity contribution is 0.122. The molecule has 2 fully saturated rings. The first kappa shape index (κ1) is 21.0. The van der Waals surface area contributed by atoms with Gasteiger partial charge in [-0.25, -0.2) is 9.97 Å². The maximum Gasteiger partial charge on any atom is 0.228 e. The van der Waals surface area contributed by atoms with Crippen molar-refractivity contribution in [3.05, 3.63) is 48.1 Å². The quantitative estimate of drug-likeness (QED) is 0.440. The standard InChI is InChI=1S/C24H24N8OS/c25-7-6-24(15-26-16-24)32-14-17(13-27-32)21-22-20(5-12-34-22)29-23(30-21)28-18-1-3-19(4-2-18)31-8-10-33-11-9-31/h1-5,12-14,26H,6,8-11,15-16H2,(H,28,29,30). The van der Waals surface area contributed by atoms with Crippen molar-refractivity contribution in [2.45, 2.75) is 12.0 Å². The van der Waals surface area contributed by atoms with E-state index in [1.54, 1.807) is 11.3 Å². The van der Waals surface area contributed by atoms with Gasteiger partial charge in [-0.3, -0.25) is 4.68 Å². The second-order valence-corrected chi connectivity index (χ2v) is 9.55. The van der Waals surface area contributed by atoms with Crippen LogP contribution in [-0.4, -0.2) is 59.1 Å². The molecule has 0 saturated carbocycles. The number of hydrogen-bond acceptors (Lipinski definition) is 9. The van der Waals surface area contributed by atoms with Crippen molar-refractivity contribution in [1.82, 2.24) is 25.1 Å². The van der Waals surface area contributed by atoms with Gasteiger partial charge in [0.15, 0.2) is 0 Å². The molecular formula is C24H24N8OS. The van der Waals surface area contributed by atoms with E-state index in [4.69, 9.17) is 14.7 Å². The second-order valence-electron chi connectivity index (χ2n) is 8.64. The fraction of sp³-hybridized carbons (Fsp3) is 0.333. The molecule has 6 rings (SSSR count). The van der Waals surface area contributed by atoms with Gasteiger partial charge in [-0.1, -0.05) is 0 Å². The number of nitrogens with one attached hydrogen (secondary N) is 2. The van der Waals surface area contributed by atoms with Gasteiger partial charge in [0.05, 0.1) is 47.8 Å². The van der Waals surface area contributed by atoms with Crippen molar-refractivity contribution in [3.8, 4) is 17.3 Å². The molecule has 2 N–H and O–H groups in total. The molecule has 3 aromatic heterocycles. The van der Waals surface area contributed by atoms with E-state index in [2.05, 4.69) is 51.0 Å². The zero-order valence-electron chi connectivity index (χ0n) is 18.6. The topological polar surface area (TPSA) is 104 Å². The minimum atomic E-state index is -0.280. The van der Waals surface area contributed by atoms with E-state index < -0.39 is 0 Å². The average molecular weight is 473 g/mol. The highest BCUT2D eigenvalue weighted by Crippen LogP contribution is 2.34. The molecule has 0 bridgehead atoms. The SMILES string of the molecule is N#CCC1(n2cc(-c3nc(Nc4ccc(N5CCOCC5)cc4)nc4ccsc34)cn2)CNC1. The van der Waals surface area contributed by atoms with Crippen LogP contribution < -0.4 is 15.5 Å². The third-order valence-electron chi connectivity index (χ3n) is 6.46. The van der Waals surface area contributed by atoms with Crippen LogP contribution in [0.1, 0.15) is 6.42 Å². The monoisotopic (exact) mass is 472 g/mol. The van der Waals surface area contributed by atoms with Crippen LogP contribution in [0.15, 0.2) is 48.1 Å². The molecule has 0 radical (unpaired) electrons. The number of nitrogens with zero attached hydrogens (tertiary/aromatic N) is 6. The molecule has 0 unspecified atom stereocenters. The molecule has 5 heterocycles. The molecule has 4 aromatic rings. The smallest absolute Gasteiger partial charge is 0.228 e. The fourth-order valence-electron chi connectivity index (χ4n) is 4.45. The van der Waals surface area contributed by atoms with Crippen LogP contribution in [0, 0.1) is 11.3 Å². The highest BCUT2D eigenvalue weighted by atomic mass is 32.1. The van der Waals surface area contributed by atoms with Crippen molar-refractivity contribution >= 4 is 38.9 Å². The molecule has 172 valence electrons. The highest BCUT2D eigenvalue weighted by molar-refractivity contribution is 7.17. The summed E-state index contributed by atoms with van der Waals surface area (Å²) in [5, 5.41) is 22.5. The summed E-state index contributed by atoms with van der Waals surface area (Å²) >= 11 is 1.62. The van der Waals surface area contributed by atoms with Crippen molar-refractivity contribution < 1.29 is 4.74 Å². The second kappa shape index (κ2) is 8.68. The number of morpholine rings is 1. The normalized spacial score (nSPS) is 17.3. The van der Waals surface area contributed by atoms with Gasteiger partial charge in [0.25, 0.3) is 0 Å². The maximum atomic E-state index is 9.28. The Morgan fingerprint density at radius 2 is 1.97 bits per heavy atom. The number of thiophene rings is 1. The largest absolute Gasteiger partial charge is 0.378 e. The number of hydrogen-bond donors (Lipinski definition) is 2. The van der Waals surface area contributed by atoms with Gasteiger partial charge < -0.3 is 20.3 Å². The molecule has 1 aromatic carbocycles. The Balaban J connectivity index is 1.29. The van der Waals surface area contributed by atoms with E-state index >= 15 is 0 Å². The minimum absolute atomic E-state index is 0.280. The number of nitriles is 1. The van der Waals surface area contributed by atoms with Gasteiger partial charge in [-0.2, -0.15) is 10.4 Å². The molecule has 0 atom stereocenters. The molecule has 34 heavy (non-hydrogen) atoms. The molecule has 0 amide bonds. The summed E-state index contributed by atoms with van der Waals surface area (Å²) in [7, 11) is 0. The zero-order chi connectivity index (χ0) is 23.0. The van der Waals surface area contributed by atoms with E-state index in [1.165, 1.54) is 5.69 Å². The Bertz CT molecular complexity index is 1350. The van der Waals surface area contributed by atoms with Crippen molar-refractivity contribution in [2.75, 3.05) is 49.6 Å². The van der Waals surface area contributed by atoms with Gasteiger partial charge in [0.2, 0.25) is 5.95 Å². The first-order valence-electron chi connectivity index (χ1n) is 11.3. The van der Waals surface area contributed by atoms with Gasteiger partial charge >= 0.3 is 0 Å². The lowest BCUT2D eigenvalue weighted by atomic mass is 9.89. The van der Waals surface area contributed by atoms with Crippen molar-refractivity contribution in [3.63, 3.8) is 0 Å². The van der Waals surface area contributed by atoms with E-state index in [9.17, 15) is 5.26 Å². The molecular weight excluding hydrogens is 448 g/mol. The Hall–Kier alpha value is -3.52. The average Bonchev–Trinajstić information content (AvgIpc) is 3.52.